The highest BCUT2D eigenvalue weighted by molar-refractivity contribution is 7.77. The van der Waals surface area contributed by atoms with E-state index in [9.17, 15) is 62.8 Å². The Bertz CT molecular complexity index is 2610. The van der Waals surface area contributed by atoms with Gasteiger partial charge >= 0.3 is 19.7 Å². The topological polar surface area (TPSA) is 306 Å². The van der Waals surface area contributed by atoms with Crippen LogP contribution in [0.25, 0.3) is 0 Å². The highest BCUT2D eigenvalue weighted by Gasteiger charge is 2.53. The van der Waals surface area contributed by atoms with E-state index in [1.165, 1.54) is 26.4 Å². The molecule has 4 aliphatic rings. The summed E-state index contributed by atoms with van der Waals surface area (Å²) in [5.41, 5.74) is 1.16. The highest BCUT2D eigenvalue weighted by atomic mass is 31.2. The lowest BCUT2D eigenvalue weighted by molar-refractivity contribution is -0.265. The molecule has 21 nitrogen and oxygen atoms in total. The molecule has 3 aliphatic heterocycles. The fourth-order valence-corrected chi connectivity index (χ4v) is 14.8. The maximum absolute atomic E-state index is 14.6. The Labute approximate surface area is 481 Å². The zero-order chi connectivity index (χ0) is 60.9. The Morgan fingerprint density at radius 2 is 1.52 bits per heavy atom. The molecule has 1 amide bonds. The zero-order valence-corrected chi connectivity index (χ0v) is 50.7. The lowest BCUT2D eigenvalue weighted by Gasteiger charge is -2.42. The fraction of sp³-hybridized carbons (Fsp3) is 0.661. The number of Topliss-reactive ketones (excluding diaryl/α,β-unsaturated/α-hetero) is 3. The zero-order valence-electron chi connectivity index (χ0n) is 49.0. The second-order valence-electron chi connectivity index (χ2n) is 23.0. The number of ketones is 3. The van der Waals surface area contributed by atoms with Crippen molar-refractivity contribution in [2.45, 2.75) is 180 Å². The van der Waals surface area contributed by atoms with Gasteiger partial charge in [-0.25, -0.2) is 9.59 Å². The van der Waals surface area contributed by atoms with Crippen LogP contribution in [0.4, 0.5) is 4.79 Å². The van der Waals surface area contributed by atoms with Gasteiger partial charge in [0.2, 0.25) is 13.2 Å². The molecular formula is C59H87NO20P2. The molecule has 1 aliphatic carbocycles. The van der Waals surface area contributed by atoms with Crippen LogP contribution in [0.15, 0.2) is 71.9 Å². The van der Waals surface area contributed by atoms with Crippen LogP contribution >= 0.6 is 15.0 Å². The van der Waals surface area contributed by atoms with Crippen molar-refractivity contribution in [2.75, 3.05) is 33.8 Å². The summed E-state index contributed by atoms with van der Waals surface area (Å²) in [5, 5.41) is 23.3. The smallest absolute Gasteiger partial charge is 0.460 e. The first-order valence-electron chi connectivity index (χ1n) is 28.4. The van der Waals surface area contributed by atoms with Gasteiger partial charge in [-0.2, -0.15) is 0 Å². The van der Waals surface area contributed by atoms with Crippen molar-refractivity contribution in [2.24, 2.45) is 35.5 Å². The second kappa shape index (κ2) is 30.5. The minimum atomic E-state index is -4.82. The van der Waals surface area contributed by atoms with Gasteiger partial charge in [0, 0.05) is 63.8 Å². The number of ether oxygens (including phenoxy) is 7. The number of esters is 1. The molecular weight excluding hydrogens is 1100 g/mol. The number of piperidine rings is 1. The molecule has 5 rings (SSSR count). The predicted molar refractivity (Wildman–Crippen MR) is 303 cm³/mol. The van der Waals surface area contributed by atoms with Crippen LogP contribution in [0.2, 0.25) is 0 Å². The van der Waals surface area contributed by atoms with E-state index in [1.807, 2.05) is 51.2 Å². The van der Waals surface area contributed by atoms with E-state index in [4.69, 9.17) is 33.2 Å². The Balaban J connectivity index is 1.40. The molecule has 0 aromatic heterocycles. The summed E-state index contributed by atoms with van der Waals surface area (Å²) >= 11 is 0. The number of amides is 1. The van der Waals surface area contributed by atoms with Gasteiger partial charge < -0.3 is 63.0 Å². The third kappa shape index (κ3) is 18.7. The van der Waals surface area contributed by atoms with E-state index < -0.39 is 123 Å². The first kappa shape index (κ1) is 68.3. The van der Waals surface area contributed by atoms with Crippen molar-refractivity contribution in [1.82, 2.24) is 4.90 Å². The lowest BCUT2D eigenvalue weighted by atomic mass is 9.78. The molecule has 2 saturated heterocycles. The molecule has 1 aromatic carbocycles. The van der Waals surface area contributed by atoms with Crippen LogP contribution in [0.3, 0.4) is 0 Å². The number of benzene rings is 1. The number of carbonyl (C=O) groups excluding carboxylic acids is 6. The van der Waals surface area contributed by atoms with Gasteiger partial charge in [0.1, 0.15) is 47.9 Å². The van der Waals surface area contributed by atoms with Gasteiger partial charge in [-0.3, -0.25) is 28.3 Å². The minimum absolute atomic E-state index is 0.0141. The molecule has 82 heavy (non-hydrogen) atoms. The number of allylic oxidation sites excluding steroid dienone is 6. The van der Waals surface area contributed by atoms with Gasteiger partial charge in [-0.1, -0.05) is 71.1 Å². The molecule has 2 unspecified atom stereocenters. The van der Waals surface area contributed by atoms with Gasteiger partial charge in [-0.05, 0) is 131 Å². The minimum Gasteiger partial charge on any atom is -0.460 e. The summed E-state index contributed by atoms with van der Waals surface area (Å²) in [6, 6.07) is 3.38. The third-order valence-electron chi connectivity index (χ3n) is 16.5. The number of aliphatic hydroxyl groups is 2. The van der Waals surface area contributed by atoms with Gasteiger partial charge in [0.15, 0.2) is 5.78 Å². The molecule has 458 valence electrons. The predicted octanol–water partition coefficient (Wildman–Crippen LogP) is 7.43. The van der Waals surface area contributed by atoms with Crippen molar-refractivity contribution in [3.63, 3.8) is 0 Å². The van der Waals surface area contributed by atoms with Gasteiger partial charge in [0.25, 0.3) is 11.7 Å². The van der Waals surface area contributed by atoms with E-state index in [0.717, 1.165) is 22.6 Å². The average Bonchev–Trinajstić information content (AvgIpc) is 3.37. The number of methoxy groups -OCH3 is 3. The van der Waals surface area contributed by atoms with E-state index in [0.29, 0.717) is 63.4 Å². The van der Waals surface area contributed by atoms with Gasteiger partial charge in [0.05, 0.1) is 18.3 Å². The number of cyclic esters (lactones) is 1. The molecule has 16 atom stereocenters. The molecule has 23 heteroatoms. The Morgan fingerprint density at radius 1 is 0.829 bits per heavy atom. The molecule has 0 radical (unpaired) electrons. The van der Waals surface area contributed by atoms with E-state index in [1.54, 1.807) is 40.9 Å². The summed E-state index contributed by atoms with van der Waals surface area (Å²) in [4.78, 5) is 114. The summed E-state index contributed by atoms with van der Waals surface area (Å²) in [6.07, 6.45) is 7.66. The monoisotopic (exact) mass is 1190 g/mol. The molecule has 5 N–H and O–H groups in total. The van der Waals surface area contributed by atoms with Crippen molar-refractivity contribution < 1.29 is 95.9 Å². The molecule has 1 aromatic rings. The van der Waals surface area contributed by atoms with Crippen LogP contribution in [-0.4, -0.2) is 154 Å². The van der Waals surface area contributed by atoms with E-state index in [-0.39, 0.29) is 60.3 Å². The van der Waals surface area contributed by atoms with E-state index in [2.05, 4.69) is 0 Å². The number of fused-ring (bicyclic) bond motifs is 3. The SMILES string of the molecule is CO[C@H]1C[C@@H]2CC[C@@H](C)[C@@](O)(O2)C(=O)C(=O)N2CCCCC2C(=O)O[C@H]([C@H](C)C[C@@H]2CC[C@@H](OC(=O)Oc3ccc(P(=O)(O)CP(=O)(O)O)cc3)[C@H](OC)C2)CC(=O)[C@H](C)/C=C(\C)[C@@H](O)[C@@H](OC)C(=O)[C@H](C)C[C@H](C)/C=C/C=CC=C1C. The van der Waals surface area contributed by atoms with Crippen LogP contribution in [-0.2, 0) is 61.5 Å². The quantitative estimate of drug-likeness (QED) is 0.0473. The third-order valence-corrected chi connectivity index (χ3v) is 20.6. The summed E-state index contributed by atoms with van der Waals surface area (Å²) in [6.45, 7) is 12.4. The summed E-state index contributed by atoms with van der Waals surface area (Å²) in [7, 11) is -4.88. The van der Waals surface area contributed by atoms with Crippen molar-refractivity contribution in [3.05, 3.63) is 71.9 Å². The largest absolute Gasteiger partial charge is 0.514 e. The maximum Gasteiger partial charge on any atom is 0.514 e. The van der Waals surface area contributed by atoms with Crippen LogP contribution in [0.5, 0.6) is 5.75 Å². The lowest BCUT2D eigenvalue weighted by Crippen LogP contribution is -2.61. The molecule has 0 spiro atoms. The Hall–Kier alpha value is -4.50. The Morgan fingerprint density at radius 3 is 2.17 bits per heavy atom. The number of rotatable bonds is 11. The second-order valence-corrected chi connectivity index (χ2v) is 27.4. The standard InChI is InChI=1S/C59H87NO20P2/c1-35-16-12-11-13-17-36(2)49(74-8)32-44-21-19-41(7)59(68,80-44)55(64)56(65)60-27-15-14-18-46(60)57(66)78-50(33-47(61)37(3)29-40(6)53(63)54(76-10)52(62)39(5)28-35)38(4)30-42-20-26-48(51(31-42)75-9)79-58(67)77-43-22-24-45(25-23-43)81(69,70)34-82(71,72)73/h11-13,16-17,22-25,29,35,37-39,41-42,44,46,48-51,53-54,63,68H,14-15,18-21,26-28,30-34H2,1-10H3,(H,69,70)(H2,71,72,73)/b13-11?,16-12+,36-17?,40-29+/t35-,37-,38-,39-,41-,42+,44+,46?,48-,49+,50+,51-,53-,54+,59-/m1/s1. The number of carbonyl (C=O) groups is 6. The highest BCUT2D eigenvalue weighted by Crippen LogP contribution is 2.54. The van der Waals surface area contributed by atoms with Crippen molar-refractivity contribution >= 4 is 55.7 Å². The van der Waals surface area contributed by atoms with E-state index >= 15 is 0 Å². The van der Waals surface area contributed by atoms with Crippen LogP contribution in [0.1, 0.15) is 126 Å². The van der Waals surface area contributed by atoms with Crippen molar-refractivity contribution in [1.29, 1.82) is 0 Å². The normalized spacial score (nSPS) is 34.3. The number of nitrogens with zero attached hydrogens (tertiary/aromatic N) is 1. The number of hydrogen-bond acceptors (Lipinski definition) is 17. The first-order valence-corrected chi connectivity index (χ1v) is 32.0. The molecule has 3 heterocycles. The van der Waals surface area contributed by atoms with Crippen LogP contribution < -0.4 is 10.0 Å². The van der Waals surface area contributed by atoms with Crippen LogP contribution in [0, 0.1) is 35.5 Å². The summed E-state index contributed by atoms with van der Waals surface area (Å²) < 4.78 is 64.6. The van der Waals surface area contributed by atoms with Crippen molar-refractivity contribution in [3.8, 4) is 5.75 Å². The number of aliphatic hydroxyl groups excluding tert-OH is 1. The molecule has 2 bridgehead atoms. The first-order chi connectivity index (χ1) is 38.5. The average molecular weight is 1190 g/mol. The maximum atomic E-state index is 14.6. The summed E-state index contributed by atoms with van der Waals surface area (Å²) in [5.74, 6) is -10.4. The number of hydrogen-bond donors (Lipinski definition) is 5. The fourth-order valence-electron chi connectivity index (χ4n) is 11.6. The molecule has 1 saturated carbocycles. The Kier molecular flexibility index (Phi) is 25.4. The molecule has 3 fully saturated rings. The van der Waals surface area contributed by atoms with Gasteiger partial charge in [-0.15, -0.1) is 0 Å².